The molecule has 0 fully saturated rings. The maximum absolute atomic E-state index is 12.6. The van der Waals surface area contributed by atoms with Crippen molar-refractivity contribution in [3.05, 3.63) is 46.3 Å². The average Bonchev–Trinajstić information content (AvgIpc) is 2.77. The molecule has 0 saturated carbocycles. The van der Waals surface area contributed by atoms with E-state index < -0.39 is 0 Å². The highest BCUT2D eigenvalue weighted by atomic mass is 32.1. The molecule has 0 atom stereocenters. The Morgan fingerprint density at radius 1 is 1.29 bits per heavy atom. The Balaban J connectivity index is 1.78. The summed E-state index contributed by atoms with van der Waals surface area (Å²) in [5, 5.41) is 3.03. The van der Waals surface area contributed by atoms with Crippen LogP contribution < -0.4 is 5.32 Å². The van der Waals surface area contributed by atoms with Gasteiger partial charge < -0.3 is 9.73 Å². The molecular formula is C10H10FNOS. The Bertz CT molecular complexity index is 382. The number of hydrogen-bond acceptors (Lipinski definition) is 3. The topological polar surface area (TPSA) is 25.2 Å². The fraction of sp³-hybridized carbons (Fsp3) is 0.200. The first-order valence-corrected chi connectivity index (χ1v) is 5.13. The minimum absolute atomic E-state index is 0.139. The Labute approximate surface area is 85.4 Å². The van der Waals surface area contributed by atoms with Crippen LogP contribution in [-0.2, 0) is 13.1 Å². The molecule has 0 spiro atoms. The molecule has 0 aliphatic heterocycles. The van der Waals surface area contributed by atoms with Crippen molar-refractivity contribution in [2.24, 2.45) is 0 Å². The minimum atomic E-state index is -0.139. The van der Waals surface area contributed by atoms with Gasteiger partial charge in [0, 0.05) is 11.4 Å². The molecule has 0 radical (unpaired) electrons. The van der Waals surface area contributed by atoms with Crippen molar-refractivity contribution in [1.29, 1.82) is 0 Å². The van der Waals surface area contributed by atoms with Crippen LogP contribution in [-0.4, -0.2) is 0 Å². The van der Waals surface area contributed by atoms with Crippen LogP contribution in [0, 0.1) is 5.13 Å². The summed E-state index contributed by atoms with van der Waals surface area (Å²) in [4.78, 5) is 0.994. The van der Waals surface area contributed by atoms with Gasteiger partial charge in [0.05, 0.1) is 12.8 Å². The lowest BCUT2D eigenvalue weighted by Crippen LogP contribution is -2.10. The van der Waals surface area contributed by atoms with Crippen molar-refractivity contribution in [1.82, 2.24) is 5.32 Å². The van der Waals surface area contributed by atoms with E-state index in [1.165, 1.54) is 17.4 Å². The van der Waals surface area contributed by atoms with E-state index in [4.69, 9.17) is 4.42 Å². The van der Waals surface area contributed by atoms with Gasteiger partial charge in [0.1, 0.15) is 5.76 Å². The molecular weight excluding hydrogens is 201 g/mol. The molecule has 4 heteroatoms. The molecule has 0 unspecified atom stereocenters. The second-order valence-electron chi connectivity index (χ2n) is 2.89. The van der Waals surface area contributed by atoms with Gasteiger partial charge >= 0.3 is 0 Å². The molecule has 0 aliphatic carbocycles. The van der Waals surface area contributed by atoms with Gasteiger partial charge in [-0.2, -0.15) is 4.39 Å². The Hall–Kier alpha value is -1.13. The number of furan rings is 1. The van der Waals surface area contributed by atoms with E-state index in [2.05, 4.69) is 5.32 Å². The summed E-state index contributed by atoms with van der Waals surface area (Å²) in [7, 11) is 0. The molecule has 0 aromatic carbocycles. The highest BCUT2D eigenvalue weighted by molar-refractivity contribution is 7.10. The van der Waals surface area contributed by atoms with Crippen molar-refractivity contribution in [2.45, 2.75) is 13.1 Å². The largest absolute Gasteiger partial charge is 0.468 e. The second kappa shape index (κ2) is 4.39. The highest BCUT2D eigenvalue weighted by Crippen LogP contribution is 2.13. The molecule has 2 rings (SSSR count). The van der Waals surface area contributed by atoms with Crippen LogP contribution in [0.25, 0.3) is 0 Å². The summed E-state index contributed by atoms with van der Waals surface area (Å²) in [5.41, 5.74) is 0. The van der Waals surface area contributed by atoms with E-state index in [9.17, 15) is 4.39 Å². The van der Waals surface area contributed by atoms with Gasteiger partial charge in [0.2, 0.25) is 0 Å². The maximum Gasteiger partial charge on any atom is 0.176 e. The fourth-order valence-corrected chi connectivity index (χ4v) is 1.87. The molecule has 2 aromatic rings. The molecule has 0 bridgehead atoms. The van der Waals surface area contributed by atoms with Crippen molar-refractivity contribution in [3.63, 3.8) is 0 Å². The third-order valence-corrected chi connectivity index (χ3v) is 2.68. The lowest BCUT2D eigenvalue weighted by atomic mass is 10.4. The van der Waals surface area contributed by atoms with Crippen molar-refractivity contribution < 1.29 is 8.81 Å². The van der Waals surface area contributed by atoms with E-state index in [1.54, 1.807) is 12.3 Å². The normalized spacial score (nSPS) is 10.6. The molecule has 1 N–H and O–H groups in total. The van der Waals surface area contributed by atoms with Gasteiger partial charge in [-0.3, -0.25) is 0 Å². The first-order valence-electron chi connectivity index (χ1n) is 4.32. The molecule has 14 heavy (non-hydrogen) atoms. The van der Waals surface area contributed by atoms with Crippen LogP contribution in [0.2, 0.25) is 0 Å². The van der Waals surface area contributed by atoms with Crippen molar-refractivity contribution in [2.75, 3.05) is 0 Å². The third-order valence-electron chi connectivity index (χ3n) is 1.81. The number of hydrogen-bond donors (Lipinski definition) is 1. The van der Waals surface area contributed by atoms with Crippen molar-refractivity contribution in [3.8, 4) is 0 Å². The van der Waals surface area contributed by atoms with E-state index in [1.807, 2.05) is 12.1 Å². The summed E-state index contributed by atoms with van der Waals surface area (Å²) in [6, 6.07) is 7.02. The van der Waals surface area contributed by atoms with Crippen LogP contribution in [0.1, 0.15) is 10.6 Å². The number of rotatable bonds is 4. The van der Waals surface area contributed by atoms with Crippen LogP contribution in [0.15, 0.2) is 34.9 Å². The van der Waals surface area contributed by atoms with Gasteiger partial charge in [0.25, 0.3) is 0 Å². The average molecular weight is 211 g/mol. The molecule has 0 saturated heterocycles. The van der Waals surface area contributed by atoms with Gasteiger partial charge in [-0.05, 0) is 24.3 Å². The Morgan fingerprint density at radius 2 is 2.21 bits per heavy atom. The Morgan fingerprint density at radius 3 is 2.86 bits per heavy atom. The lowest BCUT2D eigenvalue weighted by Gasteiger charge is -1.98. The van der Waals surface area contributed by atoms with Crippen LogP contribution in [0.3, 0.4) is 0 Å². The van der Waals surface area contributed by atoms with Gasteiger partial charge in [-0.15, -0.1) is 11.3 Å². The van der Waals surface area contributed by atoms with Crippen molar-refractivity contribution >= 4 is 11.3 Å². The van der Waals surface area contributed by atoms with Crippen LogP contribution >= 0.6 is 11.3 Å². The zero-order chi connectivity index (χ0) is 9.80. The van der Waals surface area contributed by atoms with Gasteiger partial charge in [-0.1, -0.05) is 0 Å². The summed E-state index contributed by atoms with van der Waals surface area (Å²) in [6.07, 6.45) is 1.64. The lowest BCUT2D eigenvalue weighted by molar-refractivity contribution is 0.483. The summed E-state index contributed by atoms with van der Waals surface area (Å²) in [5.74, 6) is 0.891. The Kier molecular flexibility index (Phi) is 2.96. The summed E-state index contributed by atoms with van der Waals surface area (Å²) < 4.78 is 17.7. The highest BCUT2D eigenvalue weighted by Gasteiger charge is 1.99. The minimum Gasteiger partial charge on any atom is -0.468 e. The van der Waals surface area contributed by atoms with Crippen LogP contribution in [0.4, 0.5) is 4.39 Å². The summed E-state index contributed by atoms with van der Waals surface area (Å²) >= 11 is 1.17. The SMILES string of the molecule is Fc1ccc(CNCc2ccco2)s1. The monoisotopic (exact) mass is 211 g/mol. The molecule has 74 valence electrons. The smallest absolute Gasteiger partial charge is 0.176 e. The molecule has 0 amide bonds. The van der Waals surface area contributed by atoms with Gasteiger partial charge in [0.15, 0.2) is 5.13 Å². The zero-order valence-corrected chi connectivity index (χ0v) is 8.31. The van der Waals surface area contributed by atoms with E-state index in [0.29, 0.717) is 13.1 Å². The molecule has 2 heterocycles. The first-order chi connectivity index (χ1) is 6.84. The van der Waals surface area contributed by atoms with E-state index >= 15 is 0 Å². The third kappa shape index (κ3) is 2.43. The number of thiophene rings is 1. The predicted molar refractivity (Wildman–Crippen MR) is 53.5 cm³/mol. The molecule has 2 aromatic heterocycles. The number of nitrogens with one attached hydrogen (secondary N) is 1. The van der Waals surface area contributed by atoms with E-state index in [-0.39, 0.29) is 5.13 Å². The predicted octanol–water partition coefficient (Wildman–Crippen LogP) is 2.77. The quantitative estimate of drug-likeness (QED) is 0.841. The number of halogens is 1. The first kappa shape index (κ1) is 9.43. The maximum atomic E-state index is 12.6. The zero-order valence-electron chi connectivity index (χ0n) is 7.50. The van der Waals surface area contributed by atoms with Crippen LogP contribution in [0.5, 0.6) is 0 Å². The summed E-state index contributed by atoms with van der Waals surface area (Å²) in [6.45, 7) is 1.35. The fourth-order valence-electron chi connectivity index (χ4n) is 1.17. The molecule has 0 aliphatic rings. The second-order valence-corrected chi connectivity index (χ2v) is 4.01. The molecule has 2 nitrogen and oxygen atoms in total. The van der Waals surface area contributed by atoms with Gasteiger partial charge in [-0.25, -0.2) is 0 Å². The standard InChI is InChI=1S/C10H10FNOS/c11-10-4-3-9(14-10)7-12-6-8-2-1-5-13-8/h1-5,12H,6-7H2. The van der Waals surface area contributed by atoms with E-state index in [0.717, 1.165) is 10.6 Å².